The van der Waals surface area contributed by atoms with Gasteiger partial charge in [-0.05, 0) is 37.4 Å². The predicted molar refractivity (Wildman–Crippen MR) is 87.1 cm³/mol. The first kappa shape index (κ1) is 16.9. The minimum Gasteiger partial charge on any atom is -0.497 e. The van der Waals surface area contributed by atoms with Crippen molar-refractivity contribution in [1.29, 1.82) is 0 Å². The monoisotopic (exact) mass is 335 g/mol. The predicted octanol–water partition coefficient (Wildman–Crippen LogP) is 2.06. The van der Waals surface area contributed by atoms with E-state index in [1.165, 1.54) is 11.8 Å². The van der Waals surface area contributed by atoms with Crippen molar-refractivity contribution in [1.82, 2.24) is 9.78 Å². The van der Waals surface area contributed by atoms with Gasteiger partial charge in [0, 0.05) is 5.56 Å². The van der Waals surface area contributed by atoms with Crippen LogP contribution in [0.4, 0.5) is 5.82 Å². The molecule has 1 heterocycles. The van der Waals surface area contributed by atoms with Crippen LogP contribution in [0.1, 0.15) is 27.6 Å². The Hall–Kier alpha value is -2.48. The number of carbonyl (C=O) groups is 2. The van der Waals surface area contributed by atoms with Crippen molar-refractivity contribution in [3.8, 4) is 5.75 Å². The van der Waals surface area contributed by atoms with E-state index in [1.54, 1.807) is 44.6 Å². The average Bonchev–Trinajstić information content (AvgIpc) is 2.91. The topological polar surface area (TPSA) is 96.4 Å². The van der Waals surface area contributed by atoms with Crippen molar-refractivity contribution in [2.45, 2.75) is 11.9 Å². The molecule has 0 radical (unpaired) electrons. The molecule has 0 unspecified atom stereocenters. The number of hydrogen-bond donors (Lipinski definition) is 1. The van der Waals surface area contributed by atoms with Gasteiger partial charge in [-0.2, -0.15) is 4.68 Å². The Labute approximate surface area is 137 Å². The fourth-order valence-corrected chi connectivity index (χ4v) is 2.68. The number of nitrogens with zero attached hydrogens (tertiary/aromatic N) is 2. The fourth-order valence-electron chi connectivity index (χ4n) is 2.00. The van der Waals surface area contributed by atoms with Gasteiger partial charge in [0.25, 0.3) is 5.91 Å². The first-order valence-corrected chi connectivity index (χ1v) is 8.04. The summed E-state index contributed by atoms with van der Waals surface area (Å²) < 4.78 is 11.1. The van der Waals surface area contributed by atoms with E-state index < -0.39 is 5.97 Å². The maximum Gasteiger partial charge on any atom is 0.344 e. The molecule has 2 rings (SSSR count). The van der Waals surface area contributed by atoms with Crippen molar-refractivity contribution < 1.29 is 19.1 Å². The minimum absolute atomic E-state index is 0.0327. The van der Waals surface area contributed by atoms with Gasteiger partial charge >= 0.3 is 5.97 Å². The summed E-state index contributed by atoms with van der Waals surface area (Å²) >= 11 is 1.20. The molecule has 1 aromatic heterocycles. The number of benzene rings is 1. The fraction of sp³-hybridized carbons (Fsp3) is 0.267. The van der Waals surface area contributed by atoms with E-state index >= 15 is 0 Å². The lowest BCUT2D eigenvalue weighted by atomic mass is 10.2. The van der Waals surface area contributed by atoms with Gasteiger partial charge in [0.2, 0.25) is 0 Å². The molecule has 0 aliphatic rings. The van der Waals surface area contributed by atoms with E-state index in [0.717, 1.165) is 4.68 Å². The molecule has 1 aromatic carbocycles. The highest BCUT2D eigenvalue weighted by Crippen LogP contribution is 2.27. The lowest BCUT2D eigenvalue weighted by molar-refractivity contribution is 0.0523. The molecule has 0 amide bonds. The van der Waals surface area contributed by atoms with Crippen molar-refractivity contribution in [3.63, 3.8) is 0 Å². The van der Waals surface area contributed by atoms with Crippen LogP contribution in [-0.2, 0) is 4.74 Å². The van der Waals surface area contributed by atoms with Gasteiger partial charge in [-0.25, -0.2) is 4.79 Å². The number of nitrogen functional groups attached to an aromatic ring is 1. The Morgan fingerprint density at radius 3 is 2.48 bits per heavy atom. The summed E-state index contributed by atoms with van der Waals surface area (Å²) in [6, 6.07) is 6.58. The molecule has 2 N–H and O–H groups in total. The molecule has 23 heavy (non-hydrogen) atoms. The lowest BCUT2D eigenvalue weighted by Crippen LogP contribution is -2.15. The van der Waals surface area contributed by atoms with Gasteiger partial charge < -0.3 is 15.2 Å². The Kier molecular flexibility index (Phi) is 5.28. The van der Waals surface area contributed by atoms with Gasteiger partial charge in [0.15, 0.2) is 5.82 Å². The van der Waals surface area contributed by atoms with Crippen molar-refractivity contribution in [2.24, 2.45) is 0 Å². The number of nitrogens with two attached hydrogens (primary N) is 1. The molecule has 0 bridgehead atoms. The highest BCUT2D eigenvalue weighted by Gasteiger charge is 2.26. The standard InChI is InChI=1S/C15H17N3O4S/c1-4-22-15(20)11-12(16)17-18(14(11)23-3)13(19)9-5-7-10(21-2)8-6-9/h5-8H,4H2,1-3H3,(H2,16,17). The molecule has 7 nitrogen and oxygen atoms in total. The number of carbonyl (C=O) groups excluding carboxylic acids is 2. The minimum atomic E-state index is -0.594. The molecule has 0 saturated heterocycles. The number of thioether (sulfide) groups is 1. The number of hydrogen-bond acceptors (Lipinski definition) is 7. The highest BCUT2D eigenvalue weighted by molar-refractivity contribution is 7.98. The van der Waals surface area contributed by atoms with Crippen LogP contribution in [0.3, 0.4) is 0 Å². The molecular formula is C15H17N3O4S. The third-order valence-corrected chi connectivity index (χ3v) is 3.84. The van der Waals surface area contributed by atoms with Gasteiger partial charge in [-0.1, -0.05) is 0 Å². The second-order valence-corrected chi connectivity index (χ2v) is 5.23. The number of ether oxygens (including phenoxy) is 2. The summed E-state index contributed by atoms with van der Waals surface area (Å²) in [4.78, 5) is 24.6. The second kappa shape index (κ2) is 7.19. The average molecular weight is 335 g/mol. The van der Waals surface area contributed by atoms with Crippen LogP contribution in [-0.4, -0.2) is 41.6 Å². The van der Waals surface area contributed by atoms with Crippen LogP contribution in [0.15, 0.2) is 29.3 Å². The Morgan fingerprint density at radius 2 is 1.96 bits per heavy atom. The molecule has 0 aliphatic heterocycles. The van der Waals surface area contributed by atoms with Gasteiger partial charge in [-0.3, -0.25) is 4.79 Å². The van der Waals surface area contributed by atoms with E-state index in [9.17, 15) is 9.59 Å². The summed E-state index contributed by atoms with van der Waals surface area (Å²) in [5.74, 6) is -0.379. The Balaban J connectivity index is 2.44. The van der Waals surface area contributed by atoms with Crippen LogP contribution in [0.25, 0.3) is 0 Å². The van der Waals surface area contributed by atoms with Crippen LogP contribution < -0.4 is 10.5 Å². The van der Waals surface area contributed by atoms with Crippen LogP contribution >= 0.6 is 11.8 Å². The first-order valence-electron chi connectivity index (χ1n) is 6.81. The van der Waals surface area contributed by atoms with Gasteiger partial charge in [0.05, 0.1) is 13.7 Å². The summed E-state index contributed by atoms with van der Waals surface area (Å²) in [5.41, 5.74) is 6.31. The molecule has 0 atom stereocenters. The molecule has 8 heteroatoms. The number of rotatable bonds is 5. The summed E-state index contributed by atoms with van der Waals surface area (Å²) in [7, 11) is 1.54. The molecule has 2 aromatic rings. The zero-order valence-electron chi connectivity index (χ0n) is 13.0. The zero-order valence-corrected chi connectivity index (χ0v) is 13.8. The van der Waals surface area contributed by atoms with E-state index in [-0.39, 0.29) is 23.9 Å². The van der Waals surface area contributed by atoms with E-state index in [1.807, 2.05) is 0 Å². The Bertz CT molecular complexity index is 725. The van der Waals surface area contributed by atoms with Crippen molar-refractivity contribution in [3.05, 3.63) is 35.4 Å². The summed E-state index contributed by atoms with van der Waals surface area (Å²) in [5, 5.41) is 4.34. The normalized spacial score (nSPS) is 10.4. The quantitative estimate of drug-likeness (QED) is 0.660. The van der Waals surface area contributed by atoms with Crippen LogP contribution in [0.2, 0.25) is 0 Å². The molecule has 0 fully saturated rings. The van der Waals surface area contributed by atoms with Gasteiger partial charge in [0.1, 0.15) is 16.3 Å². The smallest absolute Gasteiger partial charge is 0.344 e. The maximum absolute atomic E-state index is 12.6. The maximum atomic E-state index is 12.6. The van der Waals surface area contributed by atoms with Crippen molar-refractivity contribution >= 4 is 29.5 Å². The second-order valence-electron chi connectivity index (χ2n) is 4.44. The SMILES string of the molecule is CCOC(=O)c1c(N)nn(C(=O)c2ccc(OC)cc2)c1SC. The number of esters is 1. The van der Waals surface area contributed by atoms with Crippen molar-refractivity contribution in [2.75, 3.05) is 25.7 Å². The third-order valence-electron chi connectivity index (χ3n) is 3.07. The van der Waals surface area contributed by atoms with E-state index in [4.69, 9.17) is 15.2 Å². The lowest BCUT2D eigenvalue weighted by Gasteiger charge is -2.06. The summed E-state index contributed by atoms with van der Waals surface area (Å²) in [6.45, 7) is 1.91. The zero-order chi connectivity index (χ0) is 17.0. The van der Waals surface area contributed by atoms with Crippen LogP contribution in [0, 0.1) is 0 Å². The van der Waals surface area contributed by atoms with E-state index in [0.29, 0.717) is 16.3 Å². The highest BCUT2D eigenvalue weighted by atomic mass is 32.2. The number of aromatic nitrogens is 2. The first-order chi connectivity index (χ1) is 11.0. The molecule has 0 aliphatic carbocycles. The third kappa shape index (κ3) is 3.31. The molecule has 0 saturated carbocycles. The number of methoxy groups -OCH3 is 1. The molecular weight excluding hydrogens is 318 g/mol. The van der Waals surface area contributed by atoms with Crippen LogP contribution in [0.5, 0.6) is 5.75 Å². The largest absolute Gasteiger partial charge is 0.497 e. The Morgan fingerprint density at radius 1 is 1.30 bits per heavy atom. The van der Waals surface area contributed by atoms with Gasteiger partial charge in [-0.15, -0.1) is 16.9 Å². The number of anilines is 1. The summed E-state index contributed by atoms with van der Waals surface area (Å²) in [6.07, 6.45) is 1.73. The molecule has 0 spiro atoms. The molecule has 122 valence electrons. The van der Waals surface area contributed by atoms with E-state index in [2.05, 4.69) is 5.10 Å².